The smallest absolute Gasteiger partial charge is 0.244 e. The van der Waals surface area contributed by atoms with Crippen molar-refractivity contribution < 1.29 is 18.7 Å². The highest BCUT2D eigenvalue weighted by atomic mass is 19.1. The number of benzene rings is 1. The lowest BCUT2D eigenvalue weighted by molar-refractivity contribution is -0.116. The second-order valence-corrected chi connectivity index (χ2v) is 5.32. The third-order valence-electron chi connectivity index (χ3n) is 2.93. The van der Waals surface area contributed by atoms with E-state index in [0.29, 0.717) is 13.0 Å². The van der Waals surface area contributed by atoms with Gasteiger partial charge in [-0.05, 0) is 30.0 Å². The van der Waals surface area contributed by atoms with E-state index in [1.54, 1.807) is 0 Å². The Morgan fingerprint density at radius 1 is 1.35 bits per heavy atom. The topological polar surface area (TPSA) is 49.3 Å². The molecule has 0 aliphatic heterocycles. The zero-order valence-corrected chi connectivity index (χ0v) is 11.6. The first-order chi connectivity index (χ1) is 9.35. The molecule has 2 N–H and O–H groups in total. The van der Waals surface area contributed by atoms with Crippen molar-refractivity contribution in [3.05, 3.63) is 41.5 Å². The molecule has 1 aromatic carbocycles. The fourth-order valence-corrected chi connectivity index (χ4v) is 1.61. The maximum atomic E-state index is 13.3. The molecule has 0 heterocycles. The average molecular weight is 283 g/mol. The van der Waals surface area contributed by atoms with Crippen LogP contribution >= 0.6 is 0 Å². The standard InChI is InChI=1S/C15H19F2NO2/c1-15(2,8-9-19)10-18-14(20)7-6-11-12(16)4-3-5-13(11)17/h3-7,19H,8-10H2,1-2H3,(H,18,20)/b7-6+. The van der Waals surface area contributed by atoms with Crippen LogP contribution in [0, 0.1) is 17.0 Å². The summed E-state index contributed by atoms with van der Waals surface area (Å²) in [5.41, 5.74) is -0.473. The van der Waals surface area contributed by atoms with E-state index in [0.717, 1.165) is 24.3 Å². The Hall–Kier alpha value is -1.75. The van der Waals surface area contributed by atoms with Crippen molar-refractivity contribution in [2.45, 2.75) is 20.3 Å². The minimum absolute atomic E-state index is 0.0408. The predicted octanol–water partition coefficient (Wildman–Crippen LogP) is 2.50. The van der Waals surface area contributed by atoms with E-state index >= 15 is 0 Å². The molecule has 0 saturated heterocycles. The van der Waals surface area contributed by atoms with Crippen LogP contribution in [-0.4, -0.2) is 24.2 Å². The summed E-state index contributed by atoms with van der Waals surface area (Å²) in [5, 5.41) is 11.5. The number of halogens is 2. The molecule has 0 spiro atoms. The molecule has 0 fully saturated rings. The van der Waals surface area contributed by atoms with Crippen molar-refractivity contribution in [1.29, 1.82) is 0 Å². The minimum Gasteiger partial charge on any atom is -0.396 e. The first kappa shape index (κ1) is 16.3. The van der Waals surface area contributed by atoms with Crippen LogP contribution in [-0.2, 0) is 4.79 Å². The second kappa shape index (κ2) is 7.14. The van der Waals surface area contributed by atoms with Gasteiger partial charge in [0.05, 0.1) is 0 Å². The quantitative estimate of drug-likeness (QED) is 0.788. The molecule has 0 saturated carbocycles. The summed E-state index contributed by atoms with van der Waals surface area (Å²) in [6.07, 6.45) is 2.76. The number of carbonyl (C=O) groups is 1. The highest BCUT2D eigenvalue weighted by Crippen LogP contribution is 2.18. The molecule has 0 aliphatic carbocycles. The number of aliphatic hydroxyl groups is 1. The molecule has 0 radical (unpaired) electrons. The second-order valence-electron chi connectivity index (χ2n) is 5.32. The highest BCUT2D eigenvalue weighted by molar-refractivity contribution is 5.91. The van der Waals surface area contributed by atoms with Crippen molar-refractivity contribution in [2.75, 3.05) is 13.2 Å². The van der Waals surface area contributed by atoms with E-state index in [1.807, 2.05) is 13.8 Å². The molecular weight excluding hydrogens is 264 g/mol. The van der Waals surface area contributed by atoms with Crippen LogP contribution in [0.4, 0.5) is 8.78 Å². The molecule has 0 aromatic heterocycles. The summed E-state index contributed by atoms with van der Waals surface area (Å²) in [6.45, 7) is 4.23. The molecule has 0 unspecified atom stereocenters. The molecule has 1 aromatic rings. The van der Waals surface area contributed by atoms with E-state index in [4.69, 9.17) is 5.11 Å². The molecule has 20 heavy (non-hydrogen) atoms. The van der Waals surface area contributed by atoms with Crippen LogP contribution in [0.2, 0.25) is 0 Å². The Bertz CT molecular complexity index is 478. The van der Waals surface area contributed by atoms with Gasteiger partial charge in [0.15, 0.2) is 0 Å². The van der Waals surface area contributed by atoms with Crippen LogP contribution in [0.25, 0.3) is 6.08 Å². The maximum Gasteiger partial charge on any atom is 0.244 e. The largest absolute Gasteiger partial charge is 0.396 e. The minimum atomic E-state index is -0.713. The fraction of sp³-hybridized carbons (Fsp3) is 0.400. The SMILES string of the molecule is CC(C)(CCO)CNC(=O)/C=C/c1c(F)cccc1F. The van der Waals surface area contributed by atoms with Crippen LogP contribution in [0.3, 0.4) is 0 Å². The van der Waals surface area contributed by atoms with Crippen molar-refractivity contribution in [2.24, 2.45) is 5.41 Å². The summed E-state index contributed by atoms with van der Waals surface area (Å²) in [5.74, 6) is -1.86. The van der Waals surface area contributed by atoms with E-state index in [-0.39, 0.29) is 17.6 Å². The Balaban J connectivity index is 2.61. The number of nitrogens with one attached hydrogen (secondary N) is 1. The first-order valence-electron chi connectivity index (χ1n) is 6.36. The zero-order valence-electron chi connectivity index (χ0n) is 11.6. The predicted molar refractivity (Wildman–Crippen MR) is 73.9 cm³/mol. The molecule has 1 amide bonds. The van der Waals surface area contributed by atoms with Gasteiger partial charge in [-0.25, -0.2) is 8.78 Å². The van der Waals surface area contributed by atoms with E-state index in [9.17, 15) is 13.6 Å². The average Bonchev–Trinajstić information content (AvgIpc) is 2.36. The summed E-state index contributed by atoms with van der Waals surface area (Å²) >= 11 is 0. The number of hydrogen-bond donors (Lipinski definition) is 2. The monoisotopic (exact) mass is 283 g/mol. The van der Waals surface area contributed by atoms with Gasteiger partial charge in [-0.1, -0.05) is 19.9 Å². The summed E-state index contributed by atoms with van der Waals surface area (Å²) < 4.78 is 26.7. The van der Waals surface area contributed by atoms with Gasteiger partial charge in [0.1, 0.15) is 11.6 Å². The van der Waals surface area contributed by atoms with Gasteiger partial charge >= 0.3 is 0 Å². The molecule has 5 heteroatoms. The van der Waals surface area contributed by atoms with Gasteiger partial charge < -0.3 is 10.4 Å². The Morgan fingerprint density at radius 3 is 2.50 bits per heavy atom. The molecule has 3 nitrogen and oxygen atoms in total. The lowest BCUT2D eigenvalue weighted by Gasteiger charge is -2.23. The Morgan fingerprint density at radius 2 is 1.95 bits per heavy atom. The third-order valence-corrected chi connectivity index (χ3v) is 2.93. The van der Waals surface area contributed by atoms with Gasteiger partial charge in [-0.15, -0.1) is 0 Å². The van der Waals surface area contributed by atoms with Gasteiger partial charge in [-0.3, -0.25) is 4.79 Å². The fourth-order valence-electron chi connectivity index (χ4n) is 1.61. The number of rotatable bonds is 6. The molecule has 1 rings (SSSR count). The van der Waals surface area contributed by atoms with E-state index in [2.05, 4.69) is 5.32 Å². The normalized spacial score (nSPS) is 11.8. The van der Waals surface area contributed by atoms with E-state index < -0.39 is 17.5 Å². The van der Waals surface area contributed by atoms with Crippen LogP contribution in [0.1, 0.15) is 25.8 Å². The number of aliphatic hydroxyl groups excluding tert-OH is 1. The van der Waals surface area contributed by atoms with Gasteiger partial charge in [0.2, 0.25) is 5.91 Å². The Labute approximate surface area is 117 Å². The van der Waals surface area contributed by atoms with Gasteiger partial charge in [-0.2, -0.15) is 0 Å². The lowest BCUT2D eigenvalue weighted by atomic mass is 9.90. The molecule has 0 aliphatic rings. The Kier molecular flexibility index (Phi) is 5.82. The number of amides is 1. The van der Waals surface area contributed by atoms with Crippen molar-refractivity contribution in [3.63, 3.8) is 0 Å². The summed E-state index contributed by atoms with van der Waals surface area (Å²) in [4.78, 5) is 11.6. The lowest BCUT2D eigenvalue weighted by Crippen LogP contribution is -2.33. The van der Waals surface area contributed by atoms with Gasteiger partial charge in [0.25, 0.3) is 0 Å². The van der Waals surface area contributed by atoms with Gasteiger partial charge in [0, 0.05) is 24.8 Å². The highest BCUT2D eigenvalue weighted by Gasteiger charge is 2.17. The van der Waals surface area contributed by atoms with Crippen LogP contribution < -0.4 is 5.32 Å². The summed E-state index contributed by atoms with van der Waals surface area (Å²) in [7, 11) is 0. The molecule has 0 bridgehead atoms. The number of hydrogen-bond acceptors (Lipinski definition) is 2. The summed E-state index contributed by atoms with van der Waals surface area (Å²) in [6, 6.07) is 3.52. The number of carbonyl (C=O) groups excluding carboxylic acids is 1. The van der Waals surface area contributed by atoms with Crippen LogP contribution in [0.15, 0.2) is 24.3 Å². The van der Waals surface area contributed by atoms with Crippen LogP contribution in [0.5, 0.6) is 0 Å². The molecule has 110 valence electrons. The first-order valence-corrected chi connectivity index (χ1v) is 6.36. The zero-order chi connectivity index (χ0) is 15.2. The van der Waals surface area contributed by atoms with E-state index in [1.165, 1.54) is 6.07 Å². The van der Waals surface area contributed by atoms with Crippen molar-refractivity contribution >= 4 is 12.0 Å². The van der Waals surface area contributed by atoms with Crippen molar-refractivity contribution in [1.82, 2.24) is 5.32 Å². The maximum absolute atomic E-state index is 13.3. The molecule has 0 atom stereocenters. The van der Waals surface area contributed by atoms with Crippen molar-refractivity contribution in [3.8, 4) is 0 Å². The molecular formula is C15H19F2NO2. The third kappa shape index (κ3) is 5.09.